The van der Waals surface area contributed by atoms with Crippen LogP contribution in [0.4, 0.5) is 10.6 Å². The van der Waals surface area contributed by atoms with Crippen molar-refractivity contribution >= 4 is 23.1 Å². The van der Waals surface area contributed by atoms with E-state index in [2.05, 4.69) is 24.7 Å². The zero-order chi connectivity index (χ0) is 12.4. The second-order valence-electron chi connectivity index (χ2n) is 3.18. The van der Waals surface area contributed by atoms with Gasteiger partial charge in [0.15, 0.2) is 11.5 Å². The van der Waals surface area contributed by atoms with Crippen LogP contribution in [0.25, 0.3) is 11.2 Å². The number of nitrogen functional groups attached to an aromatic ring is 1. The van der Waals surface area contributed by atoms with Crippen LogP contribution in [0.2, 0.25) is 0 Å². The lowest BCUT2D eigenvalue weighted by atomic mass is 10.5. The van der Waals surface area contributed by atoms with E-state index in [1.807, 2.05) is 0 Å². The summed E-state index contributed by atoms with van der Waals surface area (Å²) < 4.78 is 9.39. The molecular formula is C9H11N5O3. The molecule has 0 aliphatic heterocycles. The number of nitrogens with two attached hydrogens (primary N) is 1. The van der Waals surface area contributed by atoms with Crippen molar-refractivity contribution in [3.8, 4) is 6.01 Å². The number of aryl methyl sites for hydroxylation is 1. The number of anilines is 1. The van der Waals surface area contributed by atoms with Crippen molar-refractivity contribution in [1.29, 1.82) is 0 Å². The summed E-state index contributed by atoms with van der Waals surface area (Å²) in [5, 5.41) is 0. The van der Waals surface area contributed by atoms with E-state index in [0.717, 1.165) is 0 Å². The number of H-pyrrole nitrogens is 1. The van der Waals surface area contributed by atoms with Crippen molar-refractivity contribution in [2.45, 2.75) is 13.8 Å². The SMILES string of the molecule is CCOC(=O)Oc1nc2nc(C)nc(N)c2[nH]1. The Morgan fingerprint density at radius 1 is 1.41 bits per heavy atom. The maximum absolute atomic E-state index is 11.1. The minimum absolute atomic E-state index is 0.0231. The largest absolute Gasteiger partial charge is 0.516 e. The topological polar surface area (TPSA) is 116 Å². The first-order valence-corrected chi connectivity index (χ1v) is 4.94. The Morgan fingerprint density at radius 2 is 2.18 bits per heavy atom. The first-order valence-electron chi connectivity index (χ1n) is 4.94. The number of carbonyl (C=O) groups excluding carboxylic acids is 1. The van der Waals surface area contributed by atoms with Gasteiger partial charge >= 0.3 is 12.2 Å². The summed E-state index contributed by atoms with van der Waals surface area (Å²) in [6.45, 7) is 3.59. The van der Waals surface area contributed by atoms with Gasteiger partial charge in [-0.1, -0.05) is 0 Å². The predicted molar refractivity (Wildman–Crippen MR) is 58.5 cm³/mol. The average molecular weight is 237 g/mol. The number of fused-ring (bicyclic) bond motifs is 1. The summed E-state index contributed by atoms with van der Waals surface area (Å²) in [7, 11) is 0. The van der Waals surface area contributed by atoms with Crippen LogP contribution in [0, 0.1) is 6.92 Å². The Balaban J connectivity index is 2.32. The number of hydrogen-bond donors (Lipinski definition) is 2. The van der Waals surface area contributed by atoms with Crippen LogP contribution in [0.5, 0.6) is 6.01 Å². The normalized spacial score (nSPS) is 10.5. The maximum atomic E-state index is 11.1. The third-order valence-electron chi connectivity index (χ3n) is 1.91. The van der Waals surface area contributed by atoms with Crippen LogP contribution in [-0.4, -0.2) is 32.7 Å². The molecule has 0 atom stereocenters. The van der Waals surface area contributed by atoms with Crippen LogP contribution in [0.1, 0.15) is 12.7 Å². The molecule has 8 heteroatoms. The van der Waals surface area contributed by atoms with Crippen molar-refractivity contribution in [1.82, 2.24) is 19.9 Å². The number of ether oxygens (including phenoxy) is 2. The highest BCUT2D eigenvalue weighted by atomic mass is 16.7. The number of aromatic amines is 1. The number of rotatable bonds is 2. The first-order chi connectivity index (χ1) is 8.10. The predicted octanol–water partition coefficient (Wildman–Crippen LogP) is 0.779. The summed E-state index contributed by atoms with van der Waals surface area (Å²) >= 11 is 0. The molecule has 0 unspecified atom stereocenters. The molecule has 0 saturated carbocycles. The zero-order valence-electron chi connectivity index (χ0n) is 9.35. The molecule has 3 N–H and O–H groups in total. The number of carbonyl (C=O) groups is 1. The molecule has 8 nitrogen and oxygen atoms in total. The quantitative estimate of drug-likeness (QED) is 0.741. The van der Waals surface area contributed by atoms with Crippen molar-refractivity contribution < 1.29 is 14.3 Å². The molecule has 17 heavy (non-hydrogen) atoms. The fourth-order valence-electron chi connectivity index (χ4n) is 1.29. The minimum atomic E-state index is -0.838. The summed E-state index contributed by atoms with van der Waals surface area (Å²) in [6.07, 6.45) is -0.838. The van der Waals surface area contributed by atoms with Gasteiger partial charge in [-0.2, -0.15) is 4.98 Å². The molecule has 2 rings (SSSR count). The highest BCUT2D eigenvalue weighted by Gasteiger charge is 2.13. The lowest BCUT2D eigenvalue weighted by Gasteiger charge is -1.98. The van der Waals surface area contributed by atoms with Crippen LogP contribution < -0.4 is 10.5 Å². The highest BCUT2D eigenvalue weighted by molar-refractivity contribution is 5.82. The Morgan fingerprint density at radius 3 is 2.88 bits per heavy atom. The summed E-state index contributed by atoms with van der Waals surface area (Å²) in [5.74, 6) is 0.739. The molecule has 0 fully saturated rings. The van der Waals surface area contributed by atoms with Crippen LogP contribution in [-0.2, 0) is 4.74 Å². The lowest BCUT2D eigenvalue weighted by Crippen LogP contribution is -2.10. The van der Waals surface area contributed by atoms with Crippen molar-refractivity contribution in [3.63, 3.8) is 0 Å². The van der Waals surface area contributed by atoms with E-state index in [4.69, 9.17) is 10.5 Å². The smallest absolute Gasteiger partial charge is 0.434 e. The van der Waals surface area contributed by atoms with Gasteiger partial charge in [0.1, 0.15) is 11.3 Å². The minimum Gasteiger partial charge on any atom is -0.434 e. The molecule has 0 aromatic carbocycles. The standard InChI is InChI=1S/C9H11N5O3/c1-3-16-9(15)17-8-13-5-6(10)11-4(2)12-7(5)14-8/h3H2,1-2H3,(H3,10,11,12,13,14). The Bertz CT molecular complexity index is 565. The fourth-order valence-corrected chi connectivity index (χ4v) is 1.29. The first kappa shape index (κ1) is 11.1. The molecule has 2 aromatic rings. The van der Waals surface area contributed by atoms with E-state index < -0.39 is 6.16 Å². The van der Waals surface area contributed by atoms with Gasteiger partial charge in [0.05, 0.1) is 6.61 Å². The van der Waals surface area contributed by atoms with E-state index in [0.29, 0.717) is 17.0 Å². The van der Waals surface area contributed by atoms with Gasteiger partial charge in [-0.05, 0) is 13.8 Å². The van der Waals surface area contributed by atoms with Crippen molar-refractivity contribution in [2.24, 2.45) is 0 Å². The third kappa shape index (κ3) is 2.25. The van der Waals surface area contributed by atoms with E-state index in [-0.39, 0.29) is 18.4 Å². The summed E-state index contributed by atoms with van der Waals surface area (Å²) in [5.41, 5.74) is 6.43. The number of nitrogens with one attached hydrogen (secondary N) is 1. The molecule has 0 radical (unpaired) electrons. The molecule has 0 saturated heterocycles. The molecule has 2 aromatic heterocycles. The summed E-state index contributed by atoms with van der Waals surface area (Å²) in [6, 6.07) is -0.0231. The van der Waals surface area contributed by atoms with E-state index in [1.165, 1.54) is 0 Å². The maximum Gasteiger partial charge on any atom is 0.516 e. The number of aromatic nitrogens is 4. The van der Waals surface area contributed by atoms with Gasteiger partial charge in [-0.25, -0.2) is 14.8 Å². The molecule has 0 amide bonds. The Kier molecular flexibility index (Phi) is 2.77. The second kappa shape index (κ2) is 4.24. The van der Waals surface area contributed by atoms with E-state index in [9.17, 15) is 4.79 Å². The molecule has 2 heterocycles. The molecular weight excluding hydrogens is 226 g/mol. The summed E-state index contributed by atoms with van der Waals surface area (Å²) in [4.78, 5) is 25.7. The fraction of sp³-hybridized carbons (Fsp3) is 0.333. The van der Waals surface area contributed by atoms with Crippen LogP contribution >= 0.6 is 0 Å². The van der Waals surface area contributed by atoms with Gasteiger partial charge in [-0.15, -0.1) is 0 Å². The van der Waals surface area contributed by atoms with Crippen molar-refractivity contribution in [2.75, 3.05) is 12.3 Å². The van der Waals surface area contributed by atoms with Gasteiger partial charge in [0.2, 0.25) is 0 Å². The van der Waals surface area contributed by atoms with Gasteiger partial charge < -0.3 is 20.2 Å². The van der Waals surface area contributed by atoms with Crippen LogP contribution in [0.15, 0.2) is 0 Å². The molecule has 0 spiro atoms. The van der Waals surface area contributed by atoms with Crippen LogP contribution in [0.3, 0.4) is 0 Å². The Hall–Kier alpha value is -2.38. The third-order valence-corrected chi connectivity index (χ3v) is 1.91. The van der Waals surface area contributed by atoms with Crippen molar-refractivity contribution in [3.05, 3.63) is 5.82 Å². The van der Waals surface area contributed by atoms with Gasteiger partial charge in [0, 0.05) is 0 Å². The average Bonchev–Trinajstić information content (AvgIpc) is 2.60. The second-order valence-corrected chi connectivity index (χ2v) is 3.18. The monoisotopic (exact) mass is 237 g/mol. The zero-order valence-corrected chi connectivity index (χ0v) is 9.35. The highest BCUT2D eigenvalue weighted by Crippen LogP contribution is 2.18. The number of hydrogen-bond acceptors (Lipinski definition) is 7. The molecule has 90 valence electrons. The number of imidazole rings is 1. The molecule has 0 aliphatic rings. The van der Waals surface area contributed by atoms with Gasteiger partial charge in [-0.3, -0.25) is 0 Å². The van der Waals surface area contributed by atoms with E-state index in [1.54, 1.807) is 13.8 Å². The molecule has 0 bridgehead atoms. The molecule has 0 aliphatic carbocycles. The lowest BCUT2D eigenvalue weighted by molar-refractivity contribution is 0.101. The number of nitrogens with zero attached hydrogens (tertiary/aromatic N) is 3. The Labute approximate surface area is 96.2 Å². The van der Waals surface area contributed by atoms with Gasteiger partial charge in [0.25, 0.3) is 0 Å². The van der Waals surface area contributed by atoms with E-state index >= 15 is 0 Å².